The van der Waals surface area contributed by atoms with Crippen molar-refractivity contribution in [2.45, 2.75) is 73.4 Å². The van der Waals surface area contributed by atoms with Gasteiger partial charge in [-0.15, -0.1) is 0 Å². The van der Waals surface area contributed by atoms with Gasteiger partial charge >= 0.3 is 0 Å². The predicted molar refractivity (Wildman–Crippen MR) is 85.5 cm³/mol. The third kappa shape index (κ3) is 4.19. The highest BCUT2D eigenvalue weighted by Crippen LogP contribution is 2.31. The Morgan fingerprint density at radius 1 is 1.26 bits per heavy atom. The first-order valence-electron chi connectivity index (χ1n) is 8.10. The van der Waals surface area contributed by atoms with Gasteiger partial charge in [0.05, 0.1) is 0 Å². The molecule has 1 saturated heterocycles. The Kier molecular flexibility index (Phi) is 5.48. The normalized spacial score (nSPS) is 30.3. The van der Waals surface area contributed by atoms with Gasteiger partial charge < -0.3 is 5.32 Å². The molecule has 0 aromatic carbocycles. The summed E-state index contributed by atoms with van der Waals surface area (Å²) in [6.45, 7) is 22.5. The van der Waals surface area contributed by atoms with Gasteiger partial charge in [0.1, 0.15) is 0 Å². The van der Waals surface area contributed by atoms with Crippen LogP contribution in [-0.4, -0.2) is 36.1 Å². The van der Waals surface area contributed by atoms with Crippen LogP contribution in [0, 0.1) is 17.3 Å². The van der Waals surface area contributed by atoms with Crippen molar-refractivity contribution in [1.29, 1.82) is 0 Å². The van der Waals surface area contributed by atoms with E-state index in [9.17, 15) is 0 Å². The van der Waals surface area contributed by atoms with Crippen LogP contribution >= 0.6 is 0 Å². The van der Waals surface area contributed by atoms with E-state index in [1.54, 1.807) is 0 Å². The molecule has 1 aliphatic heterocycles. The zero-order chi connectivity index (χ0) is 14.8. The molecule has 2 nitrogen and oxygen atoms in total. The van der Waals surface area contributed by atoms with Crippen LogP contribution in [-0.2, 0) is 0 Å². The van der Waals surface area contributed by atoms with E-state index in [1.165, 1.54) is 19.5 Å². The lowest BCUT2D eigenvalue weighted by Gasteiger charge is -2.50. The van der Waals surface area contributed by atoms with Gasteiger partial charge in [0.2, 0.25) is 0 Å². The topological polar surface area (TPSA) is 15.3 Å². The maximum Gasteiger partial charge on any atom is 0.0278 e. The van der Waals surface area contributed by atoms with Gasteiger partial charge in [0.25, 0.3) is 0 Å². The van der Waals surface area contributed by atoms with E-state index >= 15 is 0 Å². The quantitative estimate of drug-likeness (QED) is 0.816. The standard InChI is InChI=1S/C17H36N2/c1-9-17(8)12-19(11-16(6,7)14(4)5)15(10-18-17)13(2)3/h13-15,18H,9-12H2,1-8H3. The Hall–Kier alpha value is -0.0800. The van der Waals surface area contributed by atoms with E-state index < -0.39 is 0 Å². The van der Waals surface area contributed by atoms with Crippen molar-refractivity contribution >= 4 is 0 Å². The molecule has 0 aliphatic carbocycles. The van der Waals surface area contributed by atoms with Crippen LogP contribution in [0.1, 0.15) is 61.8 Å². The number of nitrogens with zero attached hydrogens (tertiary/aromatic N) is 1. The van der Waals surface area contributed by atoms with E-state index in [0.717, 1.165) is 18.4 Å². The summed E-state index contributed by atoms with van der Waals surface area (Å²) in [5.41, 5.74) is 0.678. The molecule has 0 aromatic rings. The molecule has 114 valence electrons. The highest BCUT2D eigenvalue weighted by molar-refractivity contribution is 4.97. The summed E-state index contributed by atoms with van der Waals surface area (Å²) in [6, 6.07) is 0.678. The molecular weight excluding hydrogens is 232 g/mol. The number of hydrogen-bond acceptors (Lipinski definition) is 2. The summed E-state index contributed by atoms with van der Waals surface area (Å²) in [5.74, 6) is 1.44. The molecule has 0 bridgehead atoms. The number of piperazine rings is 1. The maximum atomic E-state index is 3.78. The molecule has 0 spiro atoms. The van der Waals surface area contributed by atoms with Crippen LogP contribution in [0.3, 0.4) is 0 Å². The minimum absolute atomic E-state index is 0.290. The van der Waals surface area contributed by atoms with Crippen LogP contribution in [0.4, 0.5) is 0 Å². The van der Waals surface area contributed by atoms with Gasteiger partial charge in [0, 0.05) is 31.2 Å². The Bertz CT molecular complexity index is 283. The van der Waals surface area contributed by atoms with Gasteiger partial charge in [0.15, 0.2) is 0 Å². The molecule has 1 rings (SSSR count). The van der Waals surface area contributed by atoms with Crippen LogP contribution in [0.25, 0.3) is 0 Å². The Labute approximate surface area is 121 Å². The fourth-order valence-electron chi connectivity index (χ4n) is 2.87. The van der Waals surface area contributed by atoms with Crippen LogP contribution in [0.15, 0.2) is 0 Å². The van der Waals surface area contributed by atoms with Crippen molar-refractivity contribution in [2.24, 2.45) is 17.3 Å². The van der Waals surface area contributed by atoms with E-state index in [1.807, 2.05) is 0 Å². The molecule has 0 aromatic heterocycles. The first-order valence-corrected chi connectivity index (χ1v) is 8.10. The molecule has 2 heteroatoms. The number of nitrogens with one attached hydrogen (secondary N) is 1. The molecule has 0 saturated carbocycles. The zero-order valence-electron chi connectivity index (χ0n) is 14.5. The van der Waals surface area contributed by atoms with Gasteiger partial charge in [-0.3, -0.25) is 4.90 Å². The summed E-state index contributed by atoms with van der Waals surface area (Å²) < 4.78 is 0. The highest BCUT2D eigenvalue weighted by Gasteiger charge is 2.38. The average molecular weight is 268 g/mol. The molecule has 1 N–H and O–H groups in total. The summed E-state index contributed by atoms with van der Waals surface area (Å²) in [6.07, 6.45) is 1.20. The van der Waals surface area contributed by atoms with Gasteiger partial charge in [-0.05, 0) is 30.6 Å². The van der Waals surface area contributed by atoms with Gasteiger partial charge in [-0.2, -0.15) is 0 Å². The number of hydrogen-bond donors (Lipinski definition) is 1. The minimum atomic E-state index is 0.290. The van der Waals surface area contributed by atoms with Crippen molar-refractivity contribution in [2.75, 3.05) is 19.6 Å². The van der Waals surface area contributed by atoms with Crippen LogP contribution in [0.2, 0.25) is 0 Å². The molecule has 1 heterocycles. The van der Waals surface area contributed by atoms with E-state index in [0.29, 0.717) is 17.0 Å². The molecule has 0 amide bonds. The summed E-state index contributed by atoms with van der Waals surface area (Å²) in [7, 11) is 0. The monoisotopic (exact) mass is 268 g/mol. The van der Waals surface area contributed by atoms with E-state index in [-0.39, 0.29) is 0 Å². The van der Waals surface area contributed by atoms with Crippen molar-refractivity contribution in [1.82, 2.24) is 10.2 Å². The van der Waals surface area contributed by atoms with E-state index in [4.69, 9.17) is 0 Å². The third-order valence-electron chi connectivity index (χ3n) is 5.48. The second-order valence-corrected chi connectivity index (χ2v) is 8.15. The van der Waals surface area contributed by atoms with Gasteiger partial charge in [-0.25, -0.2) is 0 Å². The molecule has 1 aliphatic rings. The minimum Gasteiger partial charge on any atom is -0.309 e. The zero-order valence-corrected chi connectivity index (χ0v) is 14.5. The highest BCUT2D eigenvalue weighted by atomic mass is 15.3. The van der Waals surface area contributed by atoms with Gasteiger partial charge in [-0.1, -0.05) is 48.5 Å². The fourth-order valence-corrected chi connectivity index (χ4v) is 2.87. The molecule has 19 heavy (non-hydrogen) atoms. The van der Waals surface area contributed by atoms with Crippen molar-refractivity contribution < 1.29 is 0 Å². The summed E-state index contributed by atoms with van der Waals surface area (Å²) in [5, 5.41) is 3.78. The van der Waals surface area contributed by atoms with E-state index in [2.05, 4.69) is 65.6 Å². The van der Waals surface area contributed by atoms with Crippen molar-refractivity contribution in [3.05, 3.63) is 0 Å². The van der Waals surface area contributed by atoms with Crippen molar-refractivity contribution in [3.63, 3.8) is 0 Å². The van der Waals surface area contributed by atoms with Crippen LogP contribution in [0.5, 0.6) is 0 Å². The second-order valence-electron chi connectivity index (χ2n) is 8.15. The van der Waals surface area contributed by atoms with Crippen LogP contribution < -0.4 is 5.32 Å². The Morgan fingerprint density at radius 2 is 1.84 bits per heavy atom. The smallest absolute Gasteiger partial charge is 0.0278 e. The lowest BCUT2D eigenvalue weighted by atomic mass is 9.79. The summed E-state index contributed by atoms with van der Waals surface area (Å²) in [4.78, 5) is 2.75. The average Bonchev–Trinajstić information content (AvgIpc) is 2.28. The van der Waals surface area contributed by atoms with Crippen molar-refractivity contribution in [3.8, 4) is 0 Å². The summed E-state index contributed by atoms with van der Waals surface area (Å²) >= 11 is 0. The second kappa shape index (κ2) is 6.13. The number of rotatable bonds is 5. The molecule has 1 fully saturated rings. The Morgan fingerprint density at radius 3 is 2.26 bits per heavy atom. The molecule has 2 atom stereocenters. The Balaban J connectivity index is 2.84. The maximum absolute atomic E-state index is 3.78. The fraction of sp³-hybridized carbons (Fsp3) is 1.00. The SMILES string of the molecule is CCC1(C)CN(CC(C)(C)C(C)C)C(C(C)C)CN1. The lowest BCUT2D eigenvalue weighted by Crippen LogP contribution is -2.65. The largest absolute Gasteiger partial charge is 0.309 e. The molecular formula is C17H36N2. The predicted octanol–water partition coefficient (Wildman–Crippen LogP) is 3.77. The first kappa shape index (κ1) is 17.0. The molecule has 0 radical (unpaired) electrons. The first-order chi connectivity index (χ1) is 8.61. The molecule has 2 unspecified atom stereocenters. The lowest BCUT2D eigenvalue weighted by molar-refractivity contribution is 0.0189. The third-order valence-corrected chi connectivity index (χ3v) is 5.48.